The molecule has 1 aromatic rings. The van der Waals surface area contributed by atoms with Crippen molar-refractivity contribution >= 4 is 43.1 Å². The number of nitriles is 1. The number of carbonyl (C=O) groups is 2. The quantitative estimate of drug-likeness (QED) is 0.664. The number of nitrogens with zero attached hydrogens (tertiary/aromatic N) is 3. The van der Waals surface area contributed by atoms with Crippen LogP contribution in [0.4, 0.5) is 8.78 Å². The zero-order valence-electron chi connectivity index (χ0n) is 14.0. The molecule has 1 aliphatic rings. The van der Waals surface area contributed by atoms with Crippen LogP contribution in [0.15, 0.2) is 16.3 Å². The number of pyridine rings is 1. The maximum Gasteiger partial charge on any atom is 0.268 e. The van der Waals surface area contributed by atoms with Crippen LogP contribution in [0.1, 0.15) is 28.0 Å². The first-order chi connectivity index (χ1) is 12.3. The number of hydrogen-bond acceptors (Lipinski definition) is 4. The Labute approximate surface area is 159 Å². The second kappa shape index (κ2) is 8.44. The number of amides is 2. The Morgan fingerprint density at radius 3 is 3.00 bits per heavy atom. The average molecular weight is 474 g/mol. The highest BCUT2D eigenvalue weighted by molar-refractivity contribution is 14.2. The molecule has 2 amide bonds. The molecule has 0 spiro atoms. The molecule has 0 saturated carbocycles. The topological polar surface area (TPSA) is 86.1 Å². The minimum atomic E-state index is -3.08. The van der Waals surface area contributed by atoms with E-state index in [0.29, 0.717) is 16.8 Å². The highest BCUT2D eigenvalue weighted by Crippen LogP contribution is 2.31. The van der Waals surface area contributed by atoms with E-state index in [-0.39, 0.29) is 20.7 Å². The summed E-state index contributed by atoms with van der Waals surface area (Å²) in [7, 11) is 0. The van der Waals surface area contributed by atoms with E-state index in [0.717, 1.165) is 4.90 Å². The molecule has 0 aromatic carbocycles. The lowest BCUT2D eigenvalue weighted by Crippen LogP contribution is -2.43. The minimum absolute atomic E-state index is 0.302. The van der Waals surface area contributed by atoms with Gasteiger partial charge in [-0.25, -0.2) is 8.78 Å². The molecule has 138 valence electrons. The third kappa shape index (κ3) is 4.69. The molecular formula is C17H17F2IN4O2. The maximum atomic E-state index is 13.4. The molecule has 1 fully saturated rings. The van der Waals surface area contributed by atoms with Crippen LogP contribution in [0.3, 0.4) is 0 Å². The van der Waals surface area contributed by atoms with E-state index in [9.17, 15) is 18.4 Å². The lowest BCUT2D eigenvalue weighted by molar-refractivity contribution is -0.131. The van der Waals surface area contributed by atoms with Crippen LogP contribution in [0, 0.1) is 18.3 Å². The van der Waals surface area contributed by atoms with Crippen LogP contribution in [-0.4, -0.2) is 51.3 Å². The number of halogens is 3. The van der Waals surface area contributed by atoms with Gasteiger partial charge in [-0.2, -0.15) is 5.26 Å². The monoisotopic (exact) mass is 474 g/mol. The Morgan fingerprint density at radius 2 is 2.35 bits per heavy atom. The number of rotatable bonds is 5. The normalized spacial score (nSPS) is 18.7. The van der Waals surface area contributed by atoms with Crippen LogP contribution < -0.4 is 5.32 Å². The van der Waals surface area contributed by atoms with Crippen molar-refractivity contribution in [3.05, 3.63) is 33.2 Å². The van der Waals surface area contributed by atoms with Crippen LogP contribution in [0.5, 0.6) is 0 Å². The molecular weight excluding hydrogens is 457 g/mol. The average Bonchev–Trinajstić information content (AvgIpc) is 2.93. The fraction of sp³-hybridized carbons (Fsp3) is 0.353. The summed E-state index contributed by atoms with van der Waals surface area (Å²) < 4.78 is 32.5. The molecule has 0 unspecified atom stereocenters. The van der Waals surface area contributed by atoms with Crippen LogP contribution >= 0.6 is 20.7 Å². The molecule has 0 radical (unpaired) electrons. The van der Waals surface area contributed by atoms with Crippen LogP contribution in [0.25, 0.3) is 6.08 Å². The van der Waals surface area contributed by atoms with E-state index >= 15 is 0 Å². The van der Waals surface area contributed by atoms with Gasteiger partial charge in [0.05, 0.1) is 24.9 Å². The molecule has 6 nitrogen and oxygen atoms in total. The third-order valence-corrected chi connectivity index (χ3v) is 4.81. The first-order valence-corrected chi connectivity index (χ1v) is 10.4. The van der Waals surface area contributed by atoms with Crippen molar-refractivity contribution in [3.8, 4) is 6.07 Å². The van der Waals surface area contributed by atoms with Gasteiger partial charge in [-0.1, -0.05) is 4.51 Å². The summed E-state index contributed by atoms with van der Waals surface area (Å²) in [5, 5.41) is 11.4. The zero-order valence-corrected chi connectivity index (χ0v) is 16.2. The van der Waals surface area contributed by atoms with Gasteiger partial charge in [0.15, 0.2) is 0 Å². The number of likely N-dealkylation sites (tertiary alicyclic amines) is 1. The molecule has 1 atom stereocenters. The first kappa shape index (κ1) is 20.1. The largest absolute Gasteiger partial charge is 0.343 e. The van der Waals surface area contributed by atoms with Crippen molar-refractivity contribution in [2.45, 2.75) is 25.3 Å². The Morgan fingerprint density at radius 1 is 1.62 bits per heavy atom. The fourth-order valence-corrected chi connectivity index (χ4v) is 3.21. The molecule has 1 aliphatic heterocycles. The van der Waals surface area contributed by atoms with Gasteiger partial charge in [0, 0.05) is 18.2 Å². The number of alkyl halides is 2. The molecule has 0 aliphatic carbocycles. The number of hydrogen-bond donors (Lipinski definition) is 1. The van der Waals surface area contributed by atoms with Crippen LogP contribution in [0.2, 0.25) is 0 Å². The van der Waals surface area contributed by atoms with Crippen molar-refractivity contribution in [3.63, 3.8) is 0 Å². The smallest absolute Gasteiger partial charge is 0.268 e. The van der Waals surface area contributed by atoms with Gasteiger partial charge in [0.25, 0.3) is 11.8 Å². The van der Waals surface area contributed by atoms with E-state index in [4.69, 9.17) is 5.26 Å². The number of nitrogens with one attached hydrogen (secondary N) is 1. The summed E-state index contributed by atoms with van der Waals surface area (Å²) in [6.07, 6.45) is 2.59. The van der Waals surface area contributed by atoms with Gasteiger partial charge in [-0.3, -0.25) is 14.6 Å². The number of aromatic nitrogens is 1. The Hall–Kier alpha value is -2.22. The Kier molecular flexibility index (Phi) is 6.52. The summed E-state index contributed by atoms with van der Waals surface area (Å²) in [6.45, 7) is 0.471. The standard InChI is InChI=1S/C17H17F2IN4O2/c1-11-13(4-6-22-14(11)3-5-20-2)16(26)23-9-15(25)24-10-17(18,19)7-12(24)8-21/h3-6,12H,2,7,9-10H2,1H3,(H,23,26)/b5-3-/t12-/m0/s1. The molecule has 1 N–H and O–H groups in total. The predicted octanol–water partition coefficient (Wildman–Crippen LogP) is 2.25. The molecule has 2 heterocycles. The van der Waals surface area contributed by atoms with Gasteiger partial charge >= 0.3 is 0 Å². The molecule has 0 bridgehead atoms. The van der Waals surface area contributed by atoms with E-state index in [1.165, 1.54) is 12.3 Å². The van der Waals surface area contributed by atoms with E-state index in [1.807, 2.05) is 4.08 Å². The summed E-state index contributed by atoms with van der Waals surface area (Å²) >= 11 is -0.302. The molecule has 1 saturated heterocycles. The summed E-state index contributed by atoms with van der Waals surface area (Å²) in [5.74, 6) is -4.30. The van der Waals surface area contributed by atoms with Crippen molar-refractivity contribution in [1.82, 2.24) is 15.2 Å². The van der Waals surface area contributed by atoms with E-state index < -0.39 is 43.3 Å². The predicted molar refractivity (Wildman–Crippen MR) is 102 cm³/mol. The molecule has 26 heavy (non-hydrogen) atoms. The van der Waals surface area contributed by atoms with Gasteiger partial charge in [-0.05, 0) is 28.7 Å². The van der Waals surface area contributed by atoms with Gasteiger partial charge < -0.3 is 10.2 Å². The summed E-state index contributed by atoms with van der Waals surface area (Å²) in [4.78, 5) is 29.5. The van der Waals surface area contributed by atoms with Gasteiger partial charge in [-0.15, -0.1) is 20.7 Å². The highest BCUT2D eigenvalue weighted by atomic mass is 127. The molecule has 9 heteroatoms. The number of carbonyl (C=O) groups excluding carboxylic acids is 2. The van der Waals surface area contributed by atoms with Crippen molar-refractivity contribution in [1.29, 1.82) is 5.26 Å². The zero-order chi connectivity index (χ0) is 19.3. The van der Waals surface area contributed by atoms with Gasteiger partial charge in [0.2, 0.25) is 5.91 Å². The highest BCUT2D eigenvalue weighted by Gasteiger charge is 2.47. The maximum absolute atomic E-state index is 13.4. The van der Waals surface area contributed by atoms with E-state index in [2.05, 4.69) is 14.8 Å². The first-order valence-electron chi connectivity index (χ1n) is 7.63. The van der Waals surface area contributed by atoms with Crippen molar-refractivity contribution in [2.75, 3.05) is 13.1 Å². The SMILES string of the molecule is C=I/C=C\c1nccc(C(=O)NCC(=O)N2CC(F)(F)C[C@H]2C#N)c1C. The lowest BCUT2D eigenvalue weighted by atomic mass is 10.1. The second-order valence-electron chi connectivity index (χ2n) is 5.73. The van der Waals surface area contributed by atoms with Gasteiger partial charge in [0.1, 0.15) is 6.04 Å². The van der Waals surface area contributed by atoms with E-state index in [1.54, 1.807) is 19.1 Å². The summed E-state index contributed by atoms with van der Waals surface area (Å²) in [6, 6.07) is 2.04. The minimum Gasteiger partial charge on any atom is -0.343 e. The van der Waals surface area contributed by atoms with Crippen molar-refractivity contribution < 1.29 is 18.4 Å². The molecule has 1 aromatic heterocycles. The van der Waals surface area contributed by atoms with Crippen LogP contribution in [-0.2, 0) is 4.79 Å². The Bertz CT molecular complexity index is 804. The van der Waals surface area contributed by atoms with Crippen molar-refractivity contribution in [2.24, 2.45) is 0 Å². The Balaban J connectivity index is 2.05. The third-order valence-electron chi connectivity index (χ3n) is 3.94. The summed E-state index contributed by atoms with van der Waals surface area (Å²) in [5.41, 5.74) is 1.63. The molecule has 2 rings (SSSR count). The fourth-order valence-electron chi connectivity index (χ4n) is 2.62. The lowest BCUT2D eigenvalue weighted by Gasteiger charge is -2.19. The second-order valence-corrected chi connectivity index (χ2v) is 7.32.